The lowest BCUT2D eigenvalue weighted by Gasteiger charge is -2.06. The lowest BCUT2D eigenvalue weighted by atomic mass is 10.2. The molecule has 0 atom stereocenters. The van der Waals surface area contributed by atoms with Crippen LogP contribution in [0, 0.1) is 0 Å². The van der Waals surface area contributed by atoms with Crippen molar-refractivity contribution in [2.45, 2.75) is 13.0 Å². The monoisotopic (exact) mass is 208 g/mol. The van der Waals surface area contributed by atoms with E-state index in [2.05, 4.69) is 10.6 Å². The minimum absolute atomic E-state index is 0.0207. The van der Waals surface area contributed by atoms with Gasteiger partial charge in [-0.25, -0.2) is 0 Å². The molecular formula is C11H16N2O2. The maximum Gasteiger partial charge on any atom is 0.221 e. The molecule has 0 saturated carbocycles. The molecule has 0 unspecified atom stereocenters. The molecule has 1 aromatic rings. The van der Waals surface area contributed by atoms with Crippen molar-refractivity contribution in [3.63, 3.8) is 0 Å². The average Bonchev–Trinajstić information content (AvgIpc) is 2.25. The van der Waals surface area contributed by atoms with Crippen molar-refractivity contribution in [1.82, 2.24) is 10.6 Å². The molecule has 0 fully saturated rings. The topological polar surface area (TPSA) is 61.4 Å². The van der Waals surface area contributed by atoms with Crippen LogP contribution in [0.15, 0.2) is 24.3 Å². The maximum absolute atomic E-state index is 11.3. The van der Waals surface area contributed by atoms with Gasteiger partial charge in [-0.05, 0) is 13.1 Å². The number of benzene rings is 1. The van der Waals surface area contributed by atoms with E-state index in [1.807, 2.05) is 6.07 Å². The molecule has 1 amide bonds. The Bertz CT molecular complexity index is 326. The maximum atomic E-state index is 11.3. The number of para-hydroxylation sites is 1. The summed E-state index contributed by atoms with van der Waals surface area (Å²) in [4.78, 5) is 11.3. The molecule has 0 spiro atoms. The van der Waals surface area contributed by atoms with E-state index in [1.165, 1.54) is 0 Å². The second-order valence-electron chi connectivity index (χ2n) is 3.26. The number of aromatic hydroxyl groups is 1. The van der Waals surface area contributed by atoms with Gasteiger partial charge in [0.05, 0.1) is 0 Å². The van der Waals surface area contributed by atoms with Crippen LogP contribution in [0.5, 0.6) is 5.75 Å². The number of phenols is 1. The van der Waals surface area contributed by atoms with Gasteiger partial charge < -0.3 is 15.7 Å². The number of phenolic OH excluding ortho intramolecular Hbond substituents is 1. The normalized spacial score (nSPS) is 9.93. The molecule has 15 heavy (non-hydrogen) atoms. The Morgan fingerprint density at radius 2 is 2.13 bits per heavy atom. The molecule has 0 radical (unpaired) electrons. The van der Waals surface area contributed by atoms with Crippen molar-refractivity contribution >= 4 is 5.91 Å². The van der Waals surface area contributed by atoms with E-state index in [9.17, 15) is 9.90 Å². The zero-order valence-electron chi connectivity index (χ0n) is 8.79. The van der Waals surface area contributed by atoms with E-state index in [1.54, 1.807) is 25.2 Å². The number of hydrogen-bond donors (Lipinski definition) is 3. The fourth-order valence-electron chi connectivity index (χ4n) is 1.18. The van der Waals surface area contributed by atoms with E-state index in [-0.39, 0.29) is 11.7 Å². The standard InChI is InChI=1S/C11H16N2O2/c1-12-7-6-11(15)13-8-9-4-2-3-5-10(9)14/h2-5,12,14H,6-8H2,1H3,(H,13,15). The number of rotatable bonds is 5. The van der Waals surface area contributed by atoms with E-state index in [4.69, 9.17) is 0 Å². The summed E-state index contributed by atoms with van der Waals surface area (Å²) < 4.78 is 0. The summed E-state index contributed by atoms with van der Waals surface area (Å²) in [6.45, 7) is 1.03. The highest BCUT2D eigenvalue weighted by molar-refractivity contribution is 5.76. The molecule has 0 aromatic heterocycles. The van der Waals surface area contributed by atoms with Gasteiger partial charge in [0.1, 0.15) is 5.75 Å². The van der Waals surface area contributed by atoms with Crippen molar-refractivity contribution in [2.75, 3.05) is 13.6 Å². The Kier molecular flexibility index (Phi) is 4.63. The SMILES string of the molecule is CNCCC(=O)NCc1ccccc1O. The van der Waals surface area contributed by atoms with Crippen LogP contribution in [-0.2, 0) is 11.3 Å². The summed E-state index contributed by atoms with van der Waals surface area (Å²) in [5, 5.41) is 15.1. The van der Waals surface area contributed by atoms with Crippen LogP contribution in [0.3, 0.4) is 0 Å². The van der Waals surface area contributed by atoms with E-state index < -0.39 is 0 Å². The first-order valence-electron chi connectivity index (χ1n) is 4.92. The summed E-state index contributed by atoms with van der Waals surface area (Å²) in [5.41, 5.74) is 0.732. The van der Waals surface area contributed by atoms with Crippen LogP contribution in [0.2, 0.25) is 0 Å². The first-order chi connectivity index (χ1) is 7.24. The van der Waals surface area contributed by atoms with Crippen molar-refractivity contribution in [3.05, 3.63) is 29.8 Å². The molecule has 0 heterocycles. The third kappa shape index (κ3) is 3.99. The van der Waals surface area contributed by atoms with E-state index in [0.29, 0.717) is 19.5 Å². The van der Waals surface area contributed by atoms with Gasteiger partial charge in [-0.3, -0.25) is 4.79 Å². The largest absolute Gasteiger partial charge is 0.508 e. The molecule has 0 bridgehead atoms. The highest BCUT2D eigenvalue weighted by Gasteiger charge is 2.02. The zero-order chi connectivity index (χ0) is 11.1. The van der Waals surface area contributed by atoms with Gasteiger partial charge in [-0.1, -0.05) is 18.2 Å². The number of carbonyl (C=O) groups excluding carboxylic acids is 1. The van der Waals surface area contributed by atoms with Crippen LogP contribution >= 0.6 is 0 Å². The smallest absolute Gasteiger partial charge is 0.221 e. The second kappa shape index (κ2) is 6.03. The Balaban J connectivity index is 2.37. The summed E-state index contributed by atoms with van der Waals surface area (Å²) >= 11 is 0. The molecule has 4 heteroatoms. The molecule has 0 aliphatic carbocycles. The Labute approximate surface area is 89.3 Å². The number of amides is 1. The molecule has 0 aliphatic heterocycles. The minimum Gasteiger partial charge on any atom is -0.508 e. The second-order valence-corrected chi connectivity index (χ2v) is 3.26. The Morgan fingerprint density at radius 3 is 2.80 bits per heavy atom. The van der Waals surface area contributed by atoms with Crippen molar-refractivity contribution in [2.24, 2.45) is 0 Å². The predicted molar refractivity (Wildman–Crippen MR) is 58.5 cm³/mol. The van der Waals surface area contributed by atoms with Crippen molar-refractivity contribution in [1.29, 1.82) is 0 Å². The first-order valence-corrected chi connectivity index (χ1v) is 4.92. The number of nitrogens with one attached hydrogen (secondary N) is 2. The molecule has 4 nitrogen and oxygen atoms in total. The highest BCUT2D eigenvalue weighted by atomic mass is 16.3. The fourth-order valence-corrected chi connectivity index (χ4v) is 1.18. The molecular weight excluding hydrogens is 192 g/mol. The van der Waals surface area contributed by atoms with Gasteiger partial charge in [0.2, 0.25) is 5.91 Å². The third-order valence-corrected chi connectivity index (χ3v) is 2.07. The molecule has 82 valence electrons. The highest BCUT2D eigenvalue weighted by Crippen LogP contribution is 2.14. The van der Waals surface area contributed by atoms with E-state index >= 15 is 0 Å². The summed E-state index contributed by atoms with van der Waals surface area (Å²) in [5.74, 6) is 0.194. The van der Waals surface area contributed by atoms with Gasteiger partial charge in [-0.15, -0.1) is 0 Å². The lowest BCUT2D eigenvalue weighted by Crippen LogP contribution is -2.26. The third-order valence-electron chi connectivity index (χ3n) is 2.07. The predicted octanol–water partition coefficient (Wildman–Crippen LogP) is 0.618. The minimum atomic E-state index is -0.0207. The van der Waals surface area contributed by atoms with E-state index in [0.717, 1.165) is 5.56 Å². The number of carbonyl (C=O) groups is 1. The molecule has 0 saturated heterocycles. The van der Waals surface area contributed by atoms with Gasteiger partial charge in [0.25, 0.3) is 0 Å². The van der Waals surface area contributed by atoms with Crippen LogP contribution in [0.25, 0.3) is 0 Å². The van der Waals surface area contributed by atoms with Crippen molar-refractivity contribution < 1.29 is 9.90 Å². The first kappa shape index (κ1) is 11.5. The van der Waals surface area contributed by atoms with Gasteiger partial charge in [-0.2, -0.15) is 0 Å². The van der Waals surface area contributed by atoms with Gasteiger partial charge >= 0.3 is 0 Å². The summed E-state index contributed by atoms with van der Waals surface area (Å²) in [6.07, 6.45) is 0.449. The quantitative estimate of drug-likeness (QED) is 0.664. The van der Waals surface area contributed by atoms with Crippen LogP contribution < -0.4 is 10.6 Å². The van der Waals surface area contributed by atoms with Crippen LogP contribution in [0.4, 0.5) is 0 Å². The Morgan fingerprint density at radius 1 is 1.40 bits per heavy atom. The molecule has 1 aromatic carbocycles. The van der Waals surface area contributed by atoms with Crippen molar-refractivity contribution in [3.8, 4) is 5.75 Å². The van der Waals surface area contributed by atoms with Crippen LogP contribution in [-0.4, -0.2) is 24.6 Å². The Hall–Kier alpha value is -1.55. The molecule has 1 rings (SSSR count). The average molecular weight is 208 g/mol. The lowest BCUT2D eigenvalue weighted by molar-refractivity contribution is -0.121. The number of hydrogen-bond acceptors (Lipinski definition) is 3. The summed E-state index contributed by atoms with van der Waals surface area (Å²) in [6, 6.07) is 6.97. The zero-order valence-corrected chi connectivity index (χ0v) is 8.79. The van der Waals surface area contributed by atoms with Gasteiger partial charge in [0.15, 0.2) is 0 Å². The van der Waals surface area contributed by atoms with Gasteiger partial charge in [0, 0.05) is 25.1 Å². The molecule has 3 N–H and O–H groups in total. The summed E-state index contributed by atoms with van der Waals surface area (Å²) in [7, 11) is 1.80. The molecule has 0 aliphatic rings. The fraction of sp³-hybridized carbons (Fsp3) is 0.364. The van der Waals surface area contributed by atoms with Crippen LogP contribution in [0.1, 0.15) is 12.0 Å².